The second-order valence-corrected chi connectivity index (χ2v) is 4.15. The van der Waals surface area contributed by atoms with E-state index in [1.54, 1.807) is 6.07 Å². The lowest BCUT2D eigenvalue weighted by Crippen LogP contribution is -2.26. The number of aliphatic hydroxyl groups is 1. The van der Waals surface area contributed by atoms with E-state index in [0.717, 1.165) is 0 Å². The van der Waals surface area contributed by atoms with Crippen LogP contribution in [0.25, 0.3) is 5.69 Å². The Morgan fingerprint density at radius 1 is 1.55 bits per heavy atom. The Bertz CT molecular complexity index is 602. The minimum atomic E-state index is -0.388. The van der Waals surface area contributed by atoms with Gasteiger partial charge in [-0.25, -0.2) is 0 Å². The lowest BCUT2D eigenvalue weighted by atomic mass is 10.1. The summed E-state index contributed by atoms with van der Waals surface area (Å²) in [6.07, 6.45) is 1.38. The third-order valence-corrected chi connectivity index (χ3v) is 2.81. The van der Waals surface area contributed by atoms with Crippen LogP contribution in [0.1, 0.15) is 10.4 Å². The fraction of sp³-hybridized carbons (Fsp3) is 0.273. The molecule has 0 saturated heterocycles. The summed E-state index contributed by atoms with van der Waals surface area (Å²) in [6.45, 7) is -0.00114. The Morgan fingerprint density at radius 2 is 2.35 bits per heavy atom. The number of rotatable bonds is 5. The van der Waals surface area contributed by atoms with Crippen molar-refractivity contribution in [2.24, 2.45) is 0 Å². The summed E-state index contributed by atoms with van der Waals surface area (Å²) in [7, 11) is 1.44. The smallest absolute Gasteiger partial charge is 0.255 e. The van der Waals surface area contributed by atoms with E-state index in [2.05, 4.69) is 20.8 Å². The molecule has 1 amide bonds. The molecule has 1 aromatic heterocycles. The van der Waals surface area contributed by atoms with E-state index in [0.29, 0.717) is 16.5 Å². The summed E-state index contributed by atoms with van der Waals surface area (Å²) >= 11 is 6.13. The standard InChI is InChI=1S/C11H12ClN5O3/c1-20-10-5-9(17-6-14-15-16-17)8(12)4-7(10)11(19)13-2-3-18/h4-6,18H,2-3H2,1H3,(H,13,19). The van der Waals surface area contributed by atoms with Gasteiger partial charge in [-0.2, -0.15) is 4.68 Å². The zero-order valence-corrected chi connectivity index (χ0v) is 11.3. The van der Waals surface area contributed by atoms with Crippen LogP contribution in [0, 0.1) is 0 Å². The molecule has 0 spiro atoms. The van der Waals surface area contributed by atoms with Crippen LogP contribution in [0.5, 0.6) is 5.75 Å². The predicted molar refractivity (Wildman–Crippen MR) is 70.1 cm³/mol. The molecule has 0 unspecified atom stereocenters. The minimum Gasteiger partial charge on any atom is -0.496 e. The van der Waals surface area contributed by atoms with Gasteiger partial charge in [0.2, 0.25) is 0 Å². The average Bonchev–Trinajstić information content (AvgIpc) is 2.98. The largest absolute Gasteiger partial charge is 0.496 e. The van der Waals surface area contributed by atoms with Crippen LogP contribution >= 0.6 is 11.6 Å². The molecule has 9 heteroatoms. The van der Waals surface area contributed by atoms with E-state index in [1.165, 1.54) is 24.2 Å². The highest BCUT2D eigenvalue weighted by Crippen LogP contribution is 2.29. The maximum Gasteiger partial charge on any atom is 0.255 e. The van der Waals surface area contributed by atoms with Gasteiger partial charge >= 0.3 is 0 Å². The summed E-state index contributed by atoms with van der Waals surface area (Å²) in [4.78, 5) is 11.9. The number of hydrogen-bond donors (Lipinski definition) is 2. The van der Waals surface area contributed by atoms with Crippen LogP contribution in [0.2, 0.25) is 5.02 Å². The summed E-state index contributed by atoms with van der Waals surface area (Å²) in [5, 5.41) is 22.3. The van der Waals surface area contributed by atoms with Gasteiger partial charge in [-0.1, -0.05) is 11.6 Å². The zero-order valence-electron chi connectivity index (χ0n) is 10.6. The van der Waals surface area contributed by atoms with E-state index in [4.69, 9.17) is 21.4 Å². The van der Waals surface area contributed by atoms with Gasteiger partial charge in [0.05, 0.1) is 30.0 Å². The first-order valence-electron chi connectivity index (χ1n) is 5.67. The quantitative estimate of drug-likeness (QED) is 0.808. The molecule has 20 heavy (non-hydrogen) atoms. The van der Waals surface area contributed by atoms with Crippen molar-refractivity contribution in [1.29, 1.82) is 0 Å². The van der Waals surface area contributed by atoms with Crippen LogP contribution < -0.4 is 10.1 Å². The number of aromatic nitrogens is 4. The van der Waals surface area contributed by atoms with Gasteiger partial charge in [0, 0.05) is 12.6 Å². The van der Waals surface area contributed by atoms with Gasteiger partial charge in [-0.15, -0.1) is 5.10 Å². The van der Waals surface area contributed by atoms with Crippen LogP contribution in [-0.4, -0.2) is 51.5 Å². The van der Waals surface area contributed by atoms with Crippen LogP contribution in [-0.2, 0) is 0 Å². The first-order valence-corrected chi connectivity index (χ1v) is 6.05. The molecule has 2 aromatic rings. The fourth-order valence-corrected chi connectivity index (χ4v) is 1.85. The van der Waals surface area contributed by atoms with Crippen molar-refractivity contribution >= 4 is 17.5 Å². The number of aliphatic hydroxyl groups excluding tert-OH is 1. The molecule has 0 fully saturated rings. The second kappa shape index (κ2) is 6.31. The van der Waals surface area contributed by atoms with E-state index >= 15 is 0 Å². The highest BCUT2D eigenvalue weighted by Gasteiger charge is 2.17. The highest BCUT2D eigenvalue weighted by molar-refractivity contribution is 6.33. The molecule has 2 N–H and O–H groups in total. The van der Waals surface area contributed by atoms with E-state index < -0.39 is 0 Å². The first-order chi connectivity index (χ1) is 9.67. The first kappa shape index (κ1) is 14.2. The van der Waals surface area contributed by atoms with Crippen molar-refractivity contribution in [3.8, 4) is 11.4 Å². The Kier molecular flexibility index (Phi) is 4.49. The van der Waals surface area contributed by atoms with Crippen molar-refractivity contribution in [1.82, 2.24) is 25.5 Å². The van der Waals surface area contributed by atoms with Crippen molar-refractivity contribution in [3.63, 3.8) is 0 Å². The number of benzene rings is 1. The molecule has 1 aromatic carbocycles. The summed E-state index contributed by atoms with van der Waals surface area (Å²) in [6, 6.07) is 3.02. The number of amides is 1. The molecule has 8 nitrogen and oxygen atoms in total. The molecular weight excluding hydrogens is 286 g/mol. The number of hydrogen-bond acceptors (Lipinski definition) is 6. The third kappa shape index (κ3) is 2.86. The van der Waals surface area contributed by atoms with Gasteiger partial charge in [0.15, 0.2) is 0 Å². The van der Waals surface area contributed by atoms with Crippen molar-refractivity contribution in [3.05, 3.63) is 29.0 Å². The molecule has 0 atom stereocenters. The molecule has 0 aliphatic heterocycles. The number of nitrogens with zero attached hydrogens (tertiary/aromatic N) is 4. The lowest BCUT2D eigenvalue weighted by Gasteiger charge is -2.12. The van der Waals surface area contributed by atoms with Crippen molar-refractivity contribution < 1.29 is 14.6 Å². The maximum absolute atomic E-state index is 11.9. The van der Waals surface area contributed by atoms with Gasteiger partial charge in [-0.3, -0.25) is 4.79 Å². The Balaban J connectivity index is 2.40. The molecule has 2 rings (SSSR count). The average molecular weight is 298 g/mol. The van der Waals surface area contributed by atoms with E-state index in [1.807, 2.05) is 0 Å². The second-order valence-electron chi connectivity index (χ2n) is 3.74. The molecule has 0 radical (unpaired) electrons. The van der Waals surface area contributed by atoms with Crippen LogP contribution in [0.4, 0.5) is 0 Å². The maximum atomic E-state index is 11.9. The Morgan fingerprint density at radius 3 is 2.95 bits per heavy atom. The van der Waals surface area contributed by atoms with Gasteiger partial charge in [0.25, 0.3) is 5.91 Å². The lowest BCUT2D eigenvalue weighted by molar-refractivity contribution is 0.0941. The van der Waals surface area contributed by atoms with Crippen LogP contribution in [0.3, 0.4) is 0 Å². The monoisotopic (exact) mass is 297 g/mol. The number of carbonyl (C=O) groups is 1. The third-order valence-electron chi connectivity index (χ3n) is 2.51. The molecular formula is C11H12ClN5O3. The fourth-order valence-electron chi connectivity index (χ4n) is 1.60. The Hall–Kier alpha value is -2.19. The highest BCUT2D eigenvalue weighted by atomic mass is 35.5. The Labute approximate surface area is 119 Å². The number of carbonyl (C=O) groups excluding carboxylic acids is 1. The normalized spacial score (nSPS) is 10.3. The number of methoxy groups -OCH3 is 1. The van der Waals surface area contributed by atoms with Crippen molar-refractivity contribution in [2.45, 2.75) is 0 Å². The SMILES string of the molecule is COc1cc(-n2cnnn2)c(Cl)cc1C(=O)NCCO. The minimum absolute atomic E-state index is 0.147. The molecule has 0 aliphatic carbocycles. The molecule has 106 valence electrons. The van der Waals surface area contributed by atoms with Gasteiger partial charge in [0.1, 0.15) is 12.1 Å². The van der Waals surface area contributed by atoms with E-state index in [9.17, 15) is 4.79 Å². The summed E-state index contributed by atoms with van der Waals surface area (Å²) in [5.74, 6) is -0.0589. The number of halogens is 1. The zero-order chi connectivity index (χ0) is 14.5. The summed E-state index contributed by atoms with van der Waals surface area (Å²) < 4.78 is 6.54. The molecule has 1 heterocycles. The summed E-state index contributed by atoms with van der Waals surface area (Å²) in [5.41, 5.74) is 0.759. The van der Waals surface area contributed by atoms with Crippen molar-refractivity contribution in [2.75, 3.05) is 20.3 Å². The molecule has 0 bridgehead atoms. The topological polar surface area (TPSA) is 102 Å². The predicted octanol–water partition coefficient (Wildman–Crippen LogP) is 0.0464. The molecule has 0 saturated carbocycles. The van der Waals surface area contributed by atoms with Crippen LogP contribution in [0.15, 0.2) is 18.5 Å². The van der Waals surface area contributed by atoms with E-state index in [-0.39, 0.29) is 24.6 Å². The van der Waals surface area contributed by atoms with Gasteiger partial charge in [-0.05, 0) is 16.5 Å². The van der Waals surface area contributed by atoms with Gasteiger partial charge < -0.3 is 15.2 Å². The number of tetrazole rings is 1. The number of ether oxygens (including phenoxy) is 1. The molecule has 0 aliphatic rings. The number of nitrogens with one attached hydrogen (secondary N) is 1.